The van der Waals surface area contributed by atoms with Crippen molar-refractivity contribution in [2.45, 2.75) is 6.42 Å². The first-order chi connectivity index (χ1) is 8.31. The molecule has 2 atom stereocenters. The topological polar surface area (TPSA) is 67.3 Å². The maximum atomic E-state index is 9.39. The van der Waals surface area contributed by atoms with Gasteiger partial charge in [-0.2, -0.15) is 0 Å². The van der Waals surface area contributed by atoms with Gasteiger partial charge in [0.2, 0.25) is 0 Å². The summed E-state index contributed by atoms with van der Waals surface area (Å²) in [4.78, 5) is 8.03. The van der Waals surface area contributed by atoms with Crippen LogP contribution in [0.15, 0.2) is 17.0 Å². The highest BCUT2D eigenvalue weighted by Gasteiger charge is 2.25. The Morgan fingerprint density at radius 1 is 1.65 bits per heavy atom. The lowest BCUT2D eigenvalue weighted by Crippen LogP contribution is -2.27. The minimum absolute atomic E-state index is 0.170. The van der Waals surface area contributed by atoms with Gasteiger partial charge in [0.1, 0.15) is 12.1 Å². The summed E-state index contributed by atoms with van der Waals surface area (Å²) in [6, 6.07) is 0. The Morgan fingerprint density at radius 3 is 3.18 bits per heavy atom. The standard InChI is InChI=1S/C11H16BrN3O2/c12-10-4-13-7-15-11(10)14-3-9(5-16)8-1-2-17-6-8/h4,7-9,16H,1-3,5-6H2,(H,13,14,15). The molecule has 6 heteroatoms. The third-order valence-corrected chi connectivity index (χ3v) is 3.65. The molecule has 0 radical (unpaired) electrons. The van der Waals surface area contributed by atoms with E-state index in [0.29, 0.717) is 12.5 Å². The molecule has 2 N–H and O–H groups in total. The van der Waals surface area contributed by atoms with Gasteiger partial charge in [-0.05, 0) is 28.3 Å². The van der Waals surface area contributed by atoms with Crippen molar-refractivity contribution in [2.24, 2.45) is 11.8 Å². The maximum absolute atomic E-state index is 9.39. The molecule has 1 fully saturated rings. The molecule has 5 nitrogen and oxygen atoms in total. The van der Waals surface area contributed by atoms with E-state index in [9.17, 15) is 5.11 Å². The molecule has 1 aromatic rings. The van der Waals surface area contributed by atoms with Crippen LogP contribution >= 0.6 is 15.9 Å². The normalized spacial score (nSPS) is 21.4. The predicted molar refractivity (Wildman–Crippen MR) is 67.7 cm³/mol. The minimum atomic E-state index is 0.170. The van der Waals surface area contributed by atoms with Gasteiger partial charge in [-0.25, -0.2) is 9.97 Å². The second-order valence-corrected chi connectivity index (χ2v) is 5.02. The zero-order chi connectivity index (χ0) is 12.1. The van der Waals surface area contributed by atoms with Crippen LogP contribution in [0.2, 0.25) is 0 Å². The van der Waals surface area contributed by atoms with Gasteiger partial charge in [0, 0.05) is 38.5 Å². The quantitative estimate of drug-likeness (QED) is 0.858. The lowest BCUT2D eigenvalue weighted by Gasteiger charge is -2.20. The molecule has 0 spiro atoms. The monoisotopic (exact) mass is 301 g/mol. The number of ether oxygens (including phenoxy) is 1. The Morgan fingerprint density at radius 2 is 2.53 bits per heavy atom. The van der Waals surface area contributed by atoms with E-state index in [1.54, 1.807) is 6.20 Å². The summed E-state index contributed by atoms with van der Waals surface area (Å²) in [5.74, 6) is 1.41. The van der Waals surface area contributed by atoms with Crippen LogP contribution in [-0.4, -0.2) is 41.4 Å². The predicted octanol–water partition coefficient (Wildman–Crippen LogP) is 1.30. The molecule has 1 aliphatic rings. The Kier molecular flexibility index (Phi) is 4.70. The van der Waals surface area contributed by atoms with Gasteiger partial charge in [-0.15, -0.1) is 0 Å². The zero-order valence-corrected chi connectivity index (χ0v) is 11.1. The number of aliphatic hydroxyl groups excluding tert-OH is 1. The summed E-state index contributed by atoms with van der Waals surface area (Å²) in [5.41, 5.74) is 0. The van der Waals surface area contributed by atoms with Gasteiger partial charge in [-0.3, -0.25) is 0 Å². The SMILES string of the molecule is OCC(CNc1ncncc1Br)C1CCOC1. The summed E-state index contributed by atoms with van der Waals surface area (Å²) in [6.07, 6.45) is 4.22. The van der Waals surface area contributed by atoms with Crippen LogP contribution in [0.5, 0.6) is 0 Å². The van der Waals surface area contributed by atoms with Crippen LogP contribution in [0.4, 0.5) is 5.82 Å². The molecule has 17 heavy (non-hydrogen) atoms. The van der Waals surface area contributed by atoms with Crippen molar-refractivity contribution in [3.63, 3.8) is 0 Å². The van der Waals surface area contributed by atoms with Crippen molar-refractivity contribution in [3.8, 4) is 0 Å². The van der Waals surface area contributed by atoms with Crippen molar-refractivity contribution in [1.29, 1.82) is 0 Å². The number of hydrogen-bond donors (Lipinski definition) is 2. The molecular weight excluding hydrogens is 286 g/mol. The second kappa shape index (κ2) is 6.28. The third kappa shape index (κ3) is 3.37. The molecule has 0 amide bonds. The zero-order valence-electron chi connectivity index (χ0n) is 9.47. The maximum Gasteiger partial charge on any atom is 0.143 e. The first-order valence-corrected chi connectivity index (χ1v) is 6.48. The molecule has 0 saturated carbocycles. The van der Waals surface area contributed by atoms with Crippen LogP contribution in [-0.2, 0) is 4.74 Å². The molecule has 0 aromatic carbocycles. The van der Waals surface area contributed by atoms with Crippen LogP contribution in [0.3, 0.4) is 0 Å². The van der Waals surface area contributed by atoms with Gasteiger partial charge in [0.25, 0.3) is 0 Å². The Hall–Kier alpha value is -0.720. The summed E-state index contributed by atoms with van der Waals surface area (Å²) < 4.78 is 6.17. The molecule has 1 aliphatic heterocycles. The van der Waals surface area contributed by atoms with Crippen LogP contribution in [0, 0.1) is 11.8 Å². The first-order valence-electron chi connectivity index (χ1n) is 5.69. The van der Waals surface area contributed by atoms with E-state index in [4.69, 9.17) is 4.74 Å². The lowest BCUT2D eigenvalue weighted by atomic mass is 9.92. The van der Waals surface area contributed by atoms with Crippen LogP contribution in [0.1, 0.15) is 6.42 Å². The van der Waals surface area contributed by atoms with E-state index in [2.05, 4.69) is 31.2 Å². The highest BCUT2D eigenvalue weighted by molar-refractivity contribution is 9.10. The number of rotatable bonds is 5. The summed E-state index contributed by atoms with van der Waals surface area (Å²) >= 11 is 3.38. The second-order valence-electron chi connectivity index (χ2n) is 4.17. The van der Waals surface area contributed by atoms with E-state index < -0.39 is 0 Å². The number of nitrogens with one attached hydrogen (secondary N) is 1. The number of hydrogen-bond acceptors (Lipinski definition) is 5. The van der Waals surface area contributed by atoms with E-state index in [1.807, 2.05) is 0 Å². The van der Waals surface area contributed by atoms with Crippen molar-refractivity contribution in [1.82, 2.24) is 9.97 Å². The molecule has 0 aliphatic carbocycles. The fourth-order valence-electron chi connectivity index (χ4n) is 1.98. The molecule has 1 saturated heterocycles. The Bertz CT molecular complexity index is 358. The number of nitrogens with zero attached hydrogens (tertiary/aromatic N) is 2. The molecule has 2 rings (SSSR count). The van der Waals surface area contributed by atoms with E-state index in [0.717, 1.165) is 29.9 Å². The van der Waals surface area contributed by atoms with E-state index in [-0.39, 0.29) is 12.5 Å². The smallest absolute Gasteiger partial charge is 0.143 e. The van der Waals surface area contributed by atoms with Gasteiger partial charge < -0.3 is 15.2 Å². The Balaban J connectivity index is 1.89. The van der Waals surface area contributed by atoms with Gasteiger partial charge >= 0.3 is 0 Å². The van der Waals surface area contributed by atoms with Gasteiger partial charge in [-0.1, -0.05) is 0 Å². The number of halogens is 1. The fourth-order valence-corrected chi connectivity index (χ4v) is 2.34. The van der Waals surface area contributed by atoms with E-state index >= 15 is 0 Å². The molecule has 2 heterocycles. The molecule has 1 aromatic heterocycles. The van der Waals surface area contributed by atoms with Gasteiger partial charge in [0.05, 0.1) is 4.47 Å². The average molecular weight is 302 g/mol. The first kappa shape index (κ1) is 12.7. The highest BCUT2D eigenvalue weighted by Crippen LogP contribution is 2.23. The van der Waals surface area contributed by atoms with Crippen LogP contribution < -0.4 is 5.32 Å². The van der Waals surface area contributed by atoms with Crippen molar-refractivity contribution >= 4 is 21.7 Å². The van der Waals surface area contributed by atoms with Crippen molar-refractivity contribution < 1.29 is 9.84 Å². The molecular formula is C11H16BrN3O2. The largest absolute Gasteiger partial charge is 0.396 e. The summed E-state index contributed by atoms with van der Waals surface area (Å²) in [5, 5.41) is 12.6. The average Bonchev–Trinajstić information content (AvgIpc) is 2.86. The summed E-state index contributed by atoms with van der Waals surface area (Å²) in [7, 11) is 0. The number of anilines is 1. The minimum Gasteiger partial charge on any atom is -0.396 e. The molecule has 94 valence electrons. The van der Waals surface area contributed by atoms with Crippen molar-refractivity contribution in [2.75, 3.05) is 31.7 Å². The molecule has 2 unspecified atom stereocenters. The number of aliphatic hydroxyl groups is 1. The lowest BCUT2D eigenvalue weighted by molar-refractivity contribution is 0.145. The van der Waals surface area contributed by atoms with Crippen LogP contribution in [0.25, 0.3) is 0 Å². The van der Waals surface area contributed by atoms with E-state index in [1.165, 1.54) is 6.33 Å². The fraction of sp³-hybridized carbons (Fsp3) is 0.636. The number of aromatic nitrogens is 2. The van der Waals surface area contributed by atoms with Crippen molar-refractivity contribution in [3.05, 3.63) is 17.0 Å². The summed E-state index contributed by atoms with van der Waals surface area (Å²) in [6.45, 7) is 2.42. The molecule has 0 bridgehead atoms. The highest BCUT2D eigenvalue weighted by atomic mass is 79.9. The Labute approximate surface area is 109 Å². The third-order valence-electron chi connectivity index (χ3n) is 3.07. The van der Waals surface area contributed by atoms with Gasteiger partial charge in [0.15, 0.2) is 0 Å².